The van der Waals surface area contributed by atoms with Crippen molar-refractivity contribution in [1.82, 2.24) is 14.1 Å². The zero-order valence-corrected chi connectivity index (χ0v) is 26.4. The van der Waals surface area contributed by atoms with Crippen LogP contribution in [0, 0.1) is 22.7 Å². The second kappa shape index (κ2) is 9.51. The van der Waals surface area contributed by atoms with Crippen molar-refractivity contribution in [3.05, 3.63) is 36.4 Å². The van der Waals surface area contributed by atoms with Crippen LogP contribution in [0.4, 0.5) is 5.69 Å². The summed E-state index contributed by atoms with van der Waals surface area (Å²) in [6.07, 6.45) is 1.52. The summed E-state index contributed by atoms with van der Waals surface area (Å²) in [7, 11) is -0.153. The molecule has 42 heavy (non-hydrogen) atoms. The zero-order valence-electron chi connectivity index (χ0n) is 25.6. The molecule has 3 saturated heterocycles. The van der Waals surface area contributed by atoms with Gasteiger partial charge in [-0.3, -0.25) is 19.3 Å². The smallest absolute Gasteiger partial charge is 0.244 e. The van der Waals surface area contributed by atoms with Crippen molar-refractivity contribution in [3.63, 3.8) is 0 Å². The molecule has 9 nitrogen and oxygen atoms in total. The monoisotopic (exact) mass is 594 g/mol. The Morgan fingerprint density at radius 3 is 2.19 bits per heavy atom. The van der Waals surface area contributed by atoms with Crippen LogP contribution in [-0.2, 0) is 24.4 Å². The number of carbonyl (C=O) groups is 3. The van der Waals surface area contributed by atoms with E-state index in [0.29, 0.717) is 31.2 Å². The highest BCUT2D eigenvalue weighted by Crippen LogP contribution is 2.69. The summed E-state index contributed by atoms with van der Waals surface area (Å²) < 4.78 is 29.7. The van der Waals surface area contributed by atoms with Gasteiger partial charge in [-0.05, 0) is 42.2 Å². The number of nitrogens with zero attached hydrogens (tertiary/aromatic N) is 4. The van der Waals surface area contributed by atoms with Crippen molar-refractivity contribution in [3.8, 4) is 0 Å². The summed E-state index contributed by atoms with van der Waals surface area (Å²) in [4.78, 5) is 46.6. The minimum Gasteiger partial charge on any atom is -0.377 e. The van der Waals surface area contributed by atoms with Crippen LogP contribution in [0.25, 0.3) is 10.8 Å². The lowest BCUT2D eigenvalue weighted by molar-refractivity contribution is -0.146. The molecule has 6 rings (SSSR count). The van der Waals surface area contributed by atoms with Crippen LogP contribution in [0.3, 0.4) is 0 Å². The van der Waals surface area contributed by atoms with Crippen molar-refractivity contribution in [2.24, 2.45) is 22.7 Å². The zero-order chi connectivity index (χ0) is 30.5. The van der Waals surface area contributed by atoms with Crippen LogP contribution in [0.1, 0.15) is 53.9 Å². The quantitative estimate of drug-likeness (QED) is 0.490. The number of fused-ring (bicyclic) bond motifs is 2. The Labute approximate surface area is 248 Å². The normalized spacial score (nSPS) is 28.9. The average molecular weight is 595 g/mol. The number of benzene rings is 2. The van der Waals surface area contributed by atoms with Crippen molar-refractivity contribution in [2.45, 2.75) is 76.9 Å². The average Bonchev–Trinajstić information content (AvgIpc) is 3.48. The topological polar surface area (TPSA) is 98.3 Å². The lowest BCUT2D eigenvalue weighted by atomic mass is 10.0. The van der Waals surface area contributed by atoms with Crippen molar-refractivity contribution in [1.29, 1.82) is 0 Å². The largest absolute Gasteiger partial charge is 0.377 e. The molecular weight excluding hydrogens is 552 g/mol. The first-order valence-electron chi connectivity index (χ1n) is 15.0. The van der Waals surface area contributed by atoms with Crippen LogP contribution in [0.15, 0.2) is 41.3 Å². The number of hydrogen-bond donors (Lipinski definition) is 0. The maximum absolute atomic E-state index is 14.2. The minimum atomic E-state index is -4.00. The summed E-state index contributed by atoms with van der Waals surface area (Å²) in [6.45, 7) is 10.7. The first-order chi connectivity index (χ1) is 19.6. The molecule has 2 aromatic rings. The van der Waals surface area contributed by atoms with Gasteiger partial charge in [-0.2, -0.15) is 4.31 Å². The number of hydrogen-bond acceptors (Lipinski definition) is 6. The molecule has 0 bridgehead atoms. The Kier molecular flexibility index (Phi) is 6.59. The van der Waals surface area contributed by atoms with E-state index in [4.69, 9.17) is 0 Å². The van der Waals surface area contributed by atoms with E-state index in [1.165, 1.54) is 9.21 Å². The standard InChI is InChI=1S/C32H42N4O5S/c1-19-26-23(36(28(19)37)30(39)27-31(2,3)32(27,4)5)16-18-34(26)29(38)24-14-10-17-35(24)42(40,41)25-15-9-11-20-21(25)12-8-13-22(20)33(6)7/h8-9,11-13,15,19,23-24,26-27H,10,14,16-18H2,1-7H3/t19-,23-,24-,26+/m0/s1. The summed E-state index contributed by atoms with van der Waals surface area (Å²) in [5.74, 6) is -1.40. The van der Waals surface area contributed by atoms with Gasteiger partial charge in [-0.15, -0.1) is 0 Å². The van der Waals surface area contributed by atoms with Gasteiger partial charge in [-0.25, -0.2) is 8.42 Å². The second-order valence-electron chi connectivity index (χ2n) is 13.9. The van der Waals surface area contributed by atoms with Crippen LogP contribution < -0.4 is 4.90 Å². The third kappa shape index (κ3) is 3.90. The van der Waals surface area contributed by atoms with Crippen LogP contribution in [0.5, 0.6) is 0 Å². The Bertz CT molecular complexity index is 1590. The van der Waals surface area contributed by atoms with E-state index in [0.717, 1.165) is 11.1 Å². The molecule has 4 fully saturated rings. The Hall–Kier alpha value is -2.98. The summed E-state index contributed by atoms with van der Waals surface area (Å²) >= 11 is 0. The molecule has 4 atom stereocenters. The predicted molar refractivity (Wildman–Crippen MR) is 161 cm³/mol. The minimum absolute atomic E-state index is 0.137. The van der Waals surface area contributed by atoms with Crippen molar-refractivity contribution in [2.75, 3.05) is 32.1 Å². The van der Waals surface area contributed by atoms with Gasteiger partial charge in [0, 0.05) is 49.6 Å². The van der Waals surface area contributed by atoms with Crippen LogP contribution >= 0.6 is 0 Å². The molecule has 2 aromatic carbocycles. The van der Waals surface area contributed by atoms with Gasteiger partial charge in [0.1, 0.15) is 6.04 Å². The van der Waals surface area contributed by atoms with Gasteiger partial charge < -0.3 is 9.80 Å². The first kappa shape index (κ1) is 29.1. The van der Waals surface area contributed by atoms with Crippen LogP contribution in [-0.4, -0.2) is 85.6 Å². The fourth-order valence-corrected chi connectivity index (χ4v) is 10.0. The fourth-order valence-electron chi connectivity index (χ4n) is 8.17. The molecule has 3 aliphatic heterocycles. The molecule has 0 N–H and O–H groups in total. The SMILES string of the molecule is C[C@@H]1C(=O)N(C(=O)C2C(C)(C)C2(C)C)[C@H]2CCN(C(=O)[C@@H]3CCCN3S(=O)(=O)c3cccc4c(N(C)C)cccc34)[C@H]12. The van der Waals surface area contributed by atoms with E-state index < -0.39 is 28.0 Å². The molecule has 0 unspecified atom stereocenters. The molecule has 226 valence electrons. The number of carbonyl (C=O) groups excluding carboxylic acids is 3. The molecule has 3 amide bonds. The number of amides is 3. The number of rotatable bonds is 5. The number of anilines is 1. The lowest BCUT2D eigenvalue weighted by Crippen LogP contribution is -2.51. The summed E-state index contributed by atoms with van der Waals surface area (Å²) in [6, 6.07) is 9.24. The van der Waals surface area contributed by atoms with E-state index in [9.17, 15) is 22.8 Å². The molecule has 10 heteroatoms. The molecule has 1 saturated carbocycles. The van der Waals surface area contributed by atoms with Gasteiger partial charge in [0.05, 0.1) is 22.9 Å². The van der Waals surface area contributed by atoms with Crippen molar-refractivity contribution >= 4 is 44.2 Å². The van der Waals surface area contributed by atoms with E-state index in [1.54, 1.807) is 24.0 Å². The maximum atomic E-state index is 14.2. The van der Waals surface area contributed by atoms with Gasteiger partial charge in [0.25, 0.3) is 0 Å². The molecule has 1 aliphatic carbocycles. The van der Waals surface area contributed by atoms with E-state index >= 15 is 0 Å². The molecule has 4 aliphatic rings. The Morgan fingerprint density at radius 2 is 1.55 bits per heavy atom. The third-order valence-corrected chi connectivity index (χ3v) is 13.1. The van der Waals surface area contributed by atoms with Crippen LogP contribution in [0.2, 0.25) is 0 Å². The summed E-state index contributed by atoms with van der Waals surface area (Å²) in [5, 5.41) is 1.45. The highest BCUT2D eigenvalue weighted by molar-refractivity contribution is 7.89. The maximum Gasteiger partial charge on any atom is 0.244 e. The molecule has 0 radical (unpaired) electrons. The third-order valence-electron chi connectivity index (χ3n) is 11.1. The number of sulfonamides is 1. The number of imide groups is 1. The predicted octanol–water partition coefficient (Wildman–Crippen LogP) is 3.72. The molecule has 3 heterocycles. The Balaban J connectivity index is 1.28. The van der Waals surface area contributed by atoms with E-state index in [1.807, 2.05) is 43.3 Å². The summed E-state index contributed by atoms with van der Waals surface area (Å²) in [5.41, 5.74) is 0.514. The van der Waals surface area contributed by atoms with E-state index in [-0.39, 0.29) is 52.0 Å². The lowest BCUT2D eigenvalue weighted by Gasteiger charge is -2.32. The van der Waals surface area contributed by atoms with Gasteiger partial charge in [0.2, 0.25) is 27.7 Å². The van der Waals surface area contributed by atoms with Crippen molar-refractivity contribution < 1.29 is 22.8 Å². The molecule has 0 aromatic heterocycles. The first-order valence-corrected chi connectivity index (χ1v) is 16.5. The van der Waals surface area contributed by atoms with E-state index in [2.05, 4.69) is 27.7 Å². The van der Waals surface area contributed by atoms with Gasteiger partial charge in [0.15, 0.2) is 0 Å². The second-order valence-corrected chi connectivity index (χ2v) is 15.7. The van der Waals surface area contributed by atoms with Gasteiger partial charge in [-0.1, -0.05) is 58.9 Å². The fraction of sp³-hybridized carbons (Fsp3) is 0.594. The molecular formula is C32H42N4O5S. The highest BCUT2D eigenvalue weighted by Gasteiger charge is 2.71. The number of likely N-dealkylation sites (tertiary alicyclic amines) is 2. The highest BCUT2D eigenvalue weighted by atomic mass is 32.2. The molecule has 0 spiro atoms. The Morgan fingerprint density at radius 1 is 0.905 bits per heavy atom. The van der Waals surface area contributed by atoms with Gasteiger partial charge >= 0.3 is 0 Å².